The molecule has 1 fully saturated rings. The summed E-state index contributed by atoms with van der Waals surface area (Å²) in [6.45, 7) is 5.83. The number of hydrogen-bond donors (Lipinski definition) is 2. The molecule has 0 bridgehead atoms. The fourth-order valence-corrected chi connectivity index (χ4v) is 2.57. The highest BCUT2D eigenvalue weighted by molar-refractivity contribution is 5.87. The molecular weight excluding hydrogens is 236 g/mol. The topological polar surface area (TPSA) is 41.1 Å². The molecule has 0 spiro atoms. The number of benzene rings is 1. The van der Waals surface area contributed by atoms with Crippen molar-refractivity contribution in [1.82, 2.24) is 10.6 Å². The molecule has 2 N–H and O–H groups in total. The number of hydrogen-bond acceptors (Lipinski definition) is 2. The fourth-order valence-electron chi connectivity index (χ4n) is 2.57. The molecule has 0 saturated carbocycles. The molecule has 3 heteroatoms. The molecule has 0 aliphatic carbocycles. The smallest absolute Gasteiger partial charge is 0.230 e. The van der Waals surface area contributed by atoms with Crippen molar-refractivity contribution < 1.29 is 4.79 Å². The molecule has 3 nitrogen and oxygen atoms in total. The van der Waals surface area contributed by atoms with Crippen LogP contribution in [0.4, 0.5) is 0 Å². The monoisotopic (exact) mass is 260 g/mol. The minimum absolute atomic E-state index is 0.108. The third kappa shape index (κ3) is 3.57. The first-order valence-corrected chi connectivity index (χ1v) is 7.18. The highest BCUT2D eigenvalue weighted by Crippen LogP contribution is 2.22. The van der Waals surface area contributed by atoms with Gasteiger partial charge in [-0.15, -0.1) is 0 Å². The SMILES string of the molecule is CC(C)(C(=O)NCC[C@H]1CCCN1)c1ccccc1. The number of amides is 1. The second-order valence-electron chi connectivity index (χ2n) is 5.83. The molecule has 1 saturated heterocycles. The van der Waals surface area contributed by atoms with E-state index in [4.69, 9.17) is 0 Å². The van der Waals surface area contributed by atoms with Crippen LogP contribution >= 0.6 is 0 Å². The first kappa shape index (κ1) is 14.1. The van der Waals surface area contributed by atoms with Crippen LogP contribution in [0, 0.1) is 0 Å². The minimum Gasteiger partial charge on any atom is -0.355 e. The van der Waals surface area contributed by atoms with Crippen LogP contribution in [0.15, 0.2) is 30.3 Å². The molecule has 1 aromatic rings. The van der Waals surface area contributed by atoms with E-state index < -0.39 is 5.41 Å². The number of carbonyl (C=O) groups excluding carboxylic acids is 1. The summed E-state index contributed by atoms with van der Waals surface area (Å²) < 4.78 is 0. The predicted molar refractivity (Wildman–Crippen MR) is 78.1 cm³/mol. The van der Waals surface area contributed by atoms with Crippen LogP contribution in [0.1, 0.15) is 38.7 Å². The molecule has 2 rings (SSSR count). The van der Waals surface area contributed by atoms with E-state index in [-0.39, 0.29) is 5.91 Å². The van der Waals surface area contributed by atoms with Gasteiger partial charge in [0.2, 0.25) is 5.91 Å². The summed E-state index contributed by atoms with van der Waals surface area (Å²) in [4.78, 5) is 12.3. The molecule has 1 amide bonds. The van der Waals surface area contributed by atoms with E-state index in [1.165, 1.54) is 12.8 Å². The second kappa shape index (κ2) is 6.20. The van der Waals surface area contributed by atoms with Gasteiger partial charge in [0, 0.05) is 12.6 Å². The van der Waals surface area contributed by atoms with Crippen molar-refractivity contribution in [2.45, 2.75) is 44.6 Å². The Bertz CT molecular complexity index is 408. The Balaban J connectivity index is 1.84. The molecule has 0 aromatic heterocycles. The van der Waals surface area contributed by atoms with Gasteiger partial charge >= 0.3 is 0 Å². The Hall–Kier alpha value is -1.35. The molecule has 0 radical (unpaired) electrons. The van der Waals surface area contributed by atoms with E-state index in [2.05, 4.69) is 10.6 Å². The fraction of sp³-hybridized carbons (Fsp3) is 0.562. The van der Waals surface area contributed by atoms with E-state index >= 15 is 0 Å². The lowest BCUT2D eigenvalue weighted by molar-refractivity contribution is -0.125. The van der Waals surface area contributed by atoms with Crippen molar-refractivity contribution in [3.05, 3.63) is 35.9 Å². The van der Waals surface area contributed by atoms with E-state index in [0.717, 1.165) is 25.1 Å². The van der Waals surface area contributed by atoms with Crippen LogP contribution < -0.4 is 10.6 Å². The standard InChI is InChI=1S/C16H24N2O/c1-16(2,13-7-4-3-5-8-13)15(19)18-12-10-14-9-6-11-17-14/h3-5,7-8,14,17H,6,9-12H2,1-2H3,(H,18,19)/t14-/m1/s1. The van der Waals surface area contributed by atoms with E-state index in [0.29, 0.717) is 6.04 Å². The first-order chi connectivity index (χ1) is 9.10. The van der Waals surface area contributed by atoms with Crippen LogP contribution in [0.25, 0.3) is 0 Å². The third-order valence-corrected chi connectivity index (χ3v) is 4.00. The van der Waals surface area contributed by atoms with Gasteiger partial charge in [0.15, 0.2) is 0 Å². The zero-order valence-electron chi connectivity index (χ0n) is 11.9. The Kier molecular flexibility index (Phi) is 4.59. The molecule has 104 valence electrons. The maximum absolute atomic E-state index is 12.3. The summed E-state index contributed by atoms with van der Waals surface area (Å²) in [6.07, 6.45) is 3.52. The summed E-state index contributed by atoms with van der Waals surface area (Å²) in [5, 5.41) is 6.52. The molecule has 19 heavy (non-hydrogen) atoms. The molecular formula is C16H24N2O. The lowest BCUT2D eigenvalue weighted by atomic mass is 9.84. The predicted octanol–water partition coefficient (Wildman–Crippen LogP) is 2.22. The summed E-state index contributed by atoms with van der Waals surface area (Å²) >= 11 is 0. The Labute approximate surface area is 115 Å². The van der Waals surface area contributed by atoms with E-state index in [1.807, 2.05) is 44.2 Å². The Morgan fingerprint density at radius 1 is 1.37 bits per heavy atom. The van der Waals surface area contributed by atoms with E-state index in [9.17, 15) is 4.79 Å². The number of nitrogens with one attached hydrogen (secondary N) is 2. The minimum atomic E-state index is -0.468. The maximum atomic E-state index is 12.3. The van der Waals surface area contributed by atoms with Gasteiger partial charge in [0.25, 0.3) is 0 Å². The van der Waals surface area contributed by atoms with Gasteiger partial charge in [-0.3, -0.25) is 4.79 Å². The Morgan fingerprint density at radius 2 is 2.11 bits per heavy atom. The number of carbonyl (C=O) groups is 1. The molecule has 1 heterocycles. The third-order valence-electron chi connectivity index (χ3n) is 4.00. The van der Waals surface area contributed by atoms with Gasteiger partial charge in [-0.2, -0.15) is 0 Å². The van der Waals surface area contributed by atoms with Crippen molar-refractivity contribution in [3.63, 3.8) is 0 Å². The van der Waals surface area contributed by atoms with Crippen LogP contribution in [0.2, 0.25) is 0 Å². The average molecular weight is 260 g/mol. The zero-order chi connectivity index (χ0) is 13.7. The van der Waals surface area contributed by atoms with Gasteiger partial charge < -0.3 is 10.6 Å². The van der Waals surface area contributed by atoms with Crippen molar-refractivity contribution in [3.8, 4) is 0 Å². The van der Waals surface area contributed by atoms with Crippen molar-refractivity contribution in [2.75, 3.05) is 13.1 Å². The molecule has 1 aliphatic rings. The largest absolute Gasteiger partial charge is 0.355 e. The molecule has 1 aliphatic heterocycles. The van der Waals surface area contributed by atoms with Crippen LogP contribution in [-0.2, 0) is 10.2 Å². The summed E-state index contributed by atoms with van der Waals surface area (Å²) in [7, 11) is 0. The Morgan fingerprint density at radius 3 is 2.74 bits per heavy atom. The lowest BCUT2D eigenvalue weighted by Gasteiger charge is -2.24. The van der Waals surface area contributed by atoms with E-state index in [1.54, 1.807) is 0 Å². The quantitative estimate of drug-likeness (QED) is 0.852. The highest BCUT2D eigenvalue weighted by atomic mass is 16.2. The van der Waals surface area contributed by atoms with Gasteiger partial charge in [-0.05, 0) is 45.2 Å². The summed E-state index contributed by atoms with van der Waals surface area (Å²) in [6, 6.07) is 10.5. The molecule has 1 aromatic carbocycles. The normalized spacial score (nSPS) is 19.4. The van der Waals surface area contributed by atoms with Crippen LogP contribution in [0.3, 0.4) is 0 Å². The van der Waals surface area contributed by atoms with Crippen LogP contribution in [-0.4, -0.2) is 25.0 Å². The van der Waals surface area contributed by atoms with Crippen LogP contribution in [0.5, 0.6) is 0 Å². The summed E-state index contributed by atoms with van der Waals surface area (Å²) in [5.74, 6) is 0.108. The zero-order valence-corrected chi connectivity index (χ0v) is 11.9. The van der Waals surface area contributed by atoms with Gasteiger partial charge in [0.05, 0.1) is 5.41 Å². The average Bonchev–Trinajstić information content (AvgIpc) is 2.93. The highest BCUT2D eigenvalue weighted by Gasteiger charge is 2.29. The first-order valence-electron chi connectivity index (χ1n) is 7.18. The lowest BCUT2D eigenvalue weighted by Crippen LogP contribution is -2.41. The molecule has 1 atom stereocenters. The van der Waals surface area contributed by atoms with Gasteiger partial charge in [-0.1, -0.05) is 30.3 Å². The maximum Gasteiger partial charge on any atom is 0.230 e. The van der Waals surface area contributed by atoms with Crippen molar-refractivity contribution in [2.24, 2.45) is 0 Å². The van der Waals surface area contributed by atoms with Gasteiger partial charge in [0.1, 0.15) is 0 Å². The van der Waals surface area contributed by atoms with Crippen molar-refractivity contribution in [1.29, 1.82) is 0 Å². The second-order valence-corrected chi connectivity index (χ2v) is 5.83. The van der Waals surface area contributed by atoms with Crippen molar-refractivity contribution >= 4 is 5.91 Å². The molecule has 0 unspecified atom stereocenters. The number of rotatable bonds is 5. The summed E-state index contributed by atoms with van der Waals surface area (Å²) in [5.41, 5.74) is 0.594. The van der Waals surface area contributed by atoms with Gasteiger partial charge in [-0.25, -0.2) is 0 Å².